The first-order valence-electron chi connectivity index (χ1n) is 10.5. The molecule has 0 spiro atoms. The van der Waals surface area contributed by atoms with E-state index in [1.807, 2.05) is 22.6 Å². The second kappa shape index (κ2) is 9.03. The molecule has 186 valence electrons. The van der Waals surface area contributed by atoms with Crippen molar-refractivity contribution in [2.24, 2.45) is 0 Å². The molecule has 2 fully saturated rings. The molecule has 1 aliphatic heterocycles. The Kier molecular flexibility index (Phi) is 6.72. The van der Waals surface area contributed by atoms with Gasteiger partial charge >= 0.3 is 0 Å². The van der Waals surface area contributed by atoms with Gasteiger partial charge in [-0.2, -0.15) is 0 Å². The lowest BCUT2D eigenvalue weighted by Gasteiger charge is -2.24. The van der Waals surface area contributed by atoms with Crippen LogP contribution in [0.25, 0.3) is 0 Å². The minimum absolute atomic E-state index is 0.160. The van der Waals surface area contributed by atoms with Crippen LogP contribution in [0.5, 0.6) is 5.75 Å². The maximum Gasteiger partial charge on any atom is 0.238 e. The number of anilines is 3. The van der Waals surface area contributed by atoms with E-state index in [1.165, 1.54) is 19.2 Å². The van der Waals surface area contributed by atoms with Crippen LogP contribution in [-0.4, -0.2) is 38.8 Å². The lowest BCUT2D eigenvalue weighted by Crippen LogP contribution is -2.35. The van der Waals surface area contributed by atoms with Crippen LogP contribution in [0.1, 0.15) is 33.1 Å². The summed E-state index contributed by atoms with van der Waals surface area (Å²) in [5.74, 6) is -4.45. The summed E-state index contributed by atoms with van der Waals surface area (Å²) < 4.78 is 88.7. The van der Waals surface area contributed by atoms with E-state index in [4.69, 9.17) is 14.2 Å². The molecule has 34 heavy (non-hydrogen) atoms. The third-order valence-corrected chi connectivity index (χ3v) is 8.73. The highest BCUT2D eigenvalue weighted by Gasteiger charge is 2.57. The predicted octanol–water partition coefficient (Wildman–Crippen LogP) is 5.28. The minimum atomic E-state index is -4.11. The molecular formula is C22H24F3IN2O5S. The van der Waals surface area contributed by atoms with Gasteiger partial charge in [0.25, 0.3) is 0 Å². The number of methoxy groups -OCH3 is 1. The SMILES string of the molecule is COc1cc(F)c(F)c(Nc2ccc(I)cc2F)c1NS(=O)(=O)C1(C[C@H]2COC(C)(C)O2)CC1. The second-order valence-electron chi connectivity index (χ2n) is 8.82. The molecular weight excluding hydrogens is 588 g/mol. The van der Waals surface area contributed by atoms with E-state index in [9.17, 15) is 21.6 Å². The van der Waals surface area contributed by atoms with Crippen molar-refractivity contribution < 1.29 is 35.8 Å². The van der Waals surface area contributed by atoms with Gasteiger partial charge in [-0.15, -0.1) is 0 Å². The van der Waals surface area contributed by atoms with Crippen molar-refractivity contribution in [2.45, 2.75) is 49.7 Å². The fourth-order valence-corrected chi connectivity index (χ4v) is 6.14. The van der Waals surface area contributed by atoms with Crippen molar-refractivity contribution in [1.82, 2.24) is 0 Å². The number of benzene rings is 2. The Labute approximate surface area is 209 Å². The van der Waals surface area contributed by atoms with E-state index >= 15 is 0 Å². The monoisotopic (exact) mass is 612 g/mol. The Morgan fingerprint density at radius 2 is 1.85 bits per heavy atom. The summed E-state index contributed by atoms with van der Waals surface area (Å²) in [7, 11) is -2.92. The molecule has 0 unspecified atom stereocenters. The smallest absolute Gasteiger partial charge is 0.238 e. The van der Waals surface area contributed by atoms with E-state index in [2.05, 4.69) is 10.0 Å². The molecule has 1 saturated carbocycles. The van der Waals surface area contributed by atoms with Gasteiger partial charge in [0.1, 0.15) is 22.9 Å². The average molecular weight is 612 g/mol. The van der Waals surface area contributed by atoms with Crippen LogP contribution in [0, 0.1) is 21.0 Å². The van der Waals surface area contributed by atoms with Crippen LogP contribution in [0.15, 0.2) is 24.3 Å². The number of hydrogen-bond donors (Lipinski definition) is 2. The highest BCUT2D eigenvalue weighted by Crippen LogP contribution is 2.51. The number of rotatable bonds is 8. The van der Waals surface area contributed by atoms with Crippen LogP contribution >= 0.6 is 22.6 Å². The van der Waals surface area contributed by atoms with Crippen molar-refractivity contribution in [3.05, 3.63) is 45.3 Å². The largest absolute Gasteiger partial charge is 0.494 e. The molecule has 1 aliphatic carbocycles. The molecule has 1 heterocycles. The molecule has 0 aromatic heterocycles. The lowest BCUT2D eigenvalue weighted by molar-refractivity contribution is -0.139. The Hall–Kier alpha value is -1.77. The van der Waals surface area contributed by atoms with Gasteiger partial charge in [0.15, 0.2) is 17.4 Å². The molecule has 1 atom stereocenters. The summed E-state index contributed by atoms with van der Waals surface area (Å²) in [6.45, 7) is 3.73. The van der Waals surface area contributed by atoms with E-state index in [0.29, 0.717) is 16.4 Å². The van der Waals surface area contributed by atoms with Crippen LogP contribution in [0.3, 0.4) is 0 Å². The Bertz CT molecular complexity index is 1220. The van der Waals surface area contributed by atoms with Crippen molar-refractivity contribution in [1.29, 1.82) is 0 Å². The summed E-state index contributed by atoms with van der Waals surface area (Å²) in [5, 5.41) is 2.49. The molecule has 2 aliphatic rings. The van der Waals surface area contributed by atoms with Gasteiger partial charge in [-0.05, 0) is 73.9 Å². The molecule has 1 saturated heterocycles. The molecule has 4 rings (SSSR count). The summed E-state index contributed by atoms with van der Waals surface area (Å²) >= 11 is 1.91. The highest BCUT2D eigenvalue weighted by molar-refractivity contribution is 14.1. The van der Waals surface area contributed by atoms with Crippen LogP contribution in [-0.2, 0) is 19.5 Å². The topological polar surface area (TPSA) is 85.9 Å². The van der Waals surface area contributed by atoms with Crippen LogP contribution in [0.2, 0.25) is 0 Å². The van der Waals surface area contributed by atoms with Crippen molar-refractivity contribution >= 4 is 49.7 Å². The first kappa shape index (κ1) is 25.3. The van der Waals surface area contributed by atoms with Crippen molar-refractivity contribution in [3.63, 3.8) is 0 Å². The van der Waals surface area contributed by atoms with Gasteiger partial charge < -0.3 is 19.5 Å². The maximum atomic E-state index is 14.9. The predicted molar refractivity (Wildman–Crippen MR) is 129 cm³/mol. The first-order valence-corrected chi connectivity index (χ1v) is 13.0. The number of halogens is 4. The molecule has 7 nitrogen and oxygen atoms in total. The minimum Gasteiger partial charge on any atom is -0.494 e. The third kappa shape index (κ3) is 4.95. The lowest BCUT2D eigenvalue weighted by atomic mass is 10.2. The average Bonchev–Trinajstić information content (AvgIpc) is 3.46. The summed E-state index contributed by atoms with van der Waals surface area (Å²) in [6.07, 6.45) is 0.470. The number of hydrogen-bond acceptors (Lipinski definition) is 6. The molecule has 0 bridgehead atoms. The molecule has 2 N–H and O–H groups in total. The van der Waals surface area contributed by atoms with Crippen LogP contribution in [0.4, 0.5) is 30.2 Å². The fraction of sp³-hybridized carbons (Fsp3) is 0.455. The molecule has 12 heteroatoms. The van der Waals surface area contributed by atoms with Gasteiger partial charge in [-0.1, -0.05) is 0 Å². The fourth-order valence-electron chi connectivity index (χ4n) is 3.95. The molecule has 2 aromatic rings. The van der Waals surface area contributed by atoms with E-state index in [0.717, 1.165) is 6.07 Å². The van der Waals surface area contributed by atoms with E-state index in [1.54, 1.807) is 19.9 Å². The molecule has 0 amide bonds. The van der Waals surface area contributed by atoms with Gasteiger partial charge in [0.05, 0.1) is 30.3 Å². The normalized spacial score (nSPS) is 20.7. The number of sulfonamides is 1. The summed E-state index contributed by atoms with van der Waals surface area (Å²) in [6, 6.07) is 4.84. The highest BCUT2D eigenvalue weighted by atomic mass is 127. The maximum absolute atomic E-state index is 14.9. The Balaban J connectivity index is 1.68. The van der Waals surface area contributed by atoms with Gasteiger partial charge in [-0.25, -0.2) is 21.6 Å². The molecule has 2 aromatic carbocycles. The summed E-state index contributed by atoms with van der Waals surface area (Å²) in [5.41, 5.74) is -1.10. The molecule has 0 radical (unpaired) electrons. The standard InChI is InChI=1S/C22H24F3IN2O5S/c1-21(2)32-11-13(33-21)10-22(6-7-22)34(29,30)28-19-17(31-3)9-15(24)18(25)20(19)27-16-5-4-12(26)8-14(16)23/h4-5,8-9,13,27-28H,6-7,10-11H2,1-3H3/t13-/m0/s1. The zero-order valence-electron chi connectivity index (χ0n) is 18.7. The third-order valence-electron chi connectivity index (χ3n) is 5.88. The van der Waals surface area contributed by atoms with Gasteiger partial charge in [-0.3, -0.25) is 4.72 Å². The van der Waals surface area contributed by atoms with Crippen molar-refractivity contribution in [2.75, 3.05) is 23.8 Å². The van der Waals surface area contributed by atoms with Crippen molar-refractivity contribution in [3.8, 4) is 5.75 Å². The zero-order valence-corrected chi connectivity index (χ0v) is 21.7. The quantitative estimate of drug-likeness (QED) is 0.395. The Morgan fingerprint density at radius 3 is 2.41 bits per heavy atom. The number of nitrogens with one attached hydrogen (secondary N) is 2. The van der Waals surface area contributed by atoms with Gasteiger partial charge in [0, 0.05) is 9.64 Å². The van der Waals surface area contributed by atoms with E-state index in [-0.39, 0.29) is 30.2 Å². The second-order valence-corrected chi connectivity index (χ2v) is 12.1. The Morgan fingerprint density at radius 1 is 1.15 bits per heavy atom. The number of ether oxygens (including phenoxy) is 3. The van der Waals surface area contributed by atoms with E-state index < -0.39 is 49.8 Å². The zero-order chi connectivity index (χ0) is 24.9. The van der Waals surface area contributed by atoms with Gasteiger partial charge in [0.2, 0.25) is 10.0 Å². The summed E-state index contributed by atoms with van der Waals surface area (Å²) in [4.78, 5) is 0. The van der Waals surface area contributed by atoms with Crippen LogP contribution < -0.4 is 14.8 Å². The first-order chi connectivity index (χ1) is 15.9.